The van der Waals surface area contributed by atoms with Crippen LogP contribution in [0.4, 0.5) is 0 Å². The SMILES string of the molecule is O=C1NC(C/C(=N\O)C2CC2)c2cccn2-c2sccc21. The van der Waals surface area contributed by atoms with E-state index in [9.17, 15) is 10.0 Å². The highest BCUT2D eigenvalue weighted by atomic mass is 32.1. The van der Waals surface area contributed by atoms with Gasteiger partial charge < -0.3 is 15.1 Å². The number of aromatic nitrogens is 1. The van der Waals surface area contributed by atoms with Crippen LogP contribution in [0, 0.1) is 5.92 Å². The smallest absolute Gasteiger partial charge is 0.254 e. The molecule has 0 bridgehead atoms. The van der Waals surface area contributed by atoms with Gasteiger partial charge in [0.2, 0.25) is 0 Å². The van der Waals surface area contributed by atoms with Gasteiger partial charge in [-0.15, -0.1) is 11.3 Å². The van der Waals surface area contributed by atoms with Gasteiger partial charge in [-0.3, -0.25) is 4.79 Å². The van der Waals surface area contributed by atoms with Crippen LogP contribution >= 0.6 is 11.3 Å². The molecule has 4 rings (SSSR count). The van der Waals surface area contributed by atoms with Crippen molar-refractivity contribution in [3.8, 4) is 5.00 Å². The number of thiophene rings is 1. The zero-order chi connectivity index (χ0) is 14.4. The first-order valence-corrected chi connectivity index (χ1v) is 7.92. The fourth-order valence-electron chi connectivity index (χ4n) is 2.90. The lowest BCUT2D eigenvalue weighted by molar-refractivity contribution is 0.0940. The van der Waals surface area contributed by atoms with Crippen LogP contribution in [0.2, 0.25) is 0 Å². The molecule has 108 valence electrons. The van der Waals surface area contributed by atoms with E-state index in [1.165, 1.54) is 0 Å². The number of hydrogen-bond acceptors (Lipinski definition) is 4. The molecule has 0 aromatic carbocycles. The van der Waals surface area contributed by atoms with Gasteiger partial charge in [0.05, 0.1) is 17.3 Å². The fourth-order valence-corrected chi connectivity index (χ4v) is 3.80. The average Bonchev–Trinajstić information content (AvgIpc) is 3.04. The topological polar surface area (TPSA) is 66.6 Å². The second-order valence-electron chi connectivity index (χ2n) is 5.54. The molecule has 2 N–H and O–H groups in total. The van der Waals surface area contributed by atoms with Crippen molar-refractivity contribution in [2.24, 2.45) is 11.1 Å². The summed E-state index contributed by atoms with van der Waals surface area (Å²) in [5.41, 5.74) is 2.53. The Morgan fingerprint density at radius 2 is 2.33 bits per heavy atom. The molecule has 1 aliphatic carbocycles. The molecule has 1 aliphatic heterocycles. The monoisotopic (exact) mass is 301 g/mol. The van der Waals surface area contributed by atoms with Crippen LogP contribution in [0.5, 0.6) is 0 Å². The van der Waals surface area contributed by atoms with Crippen molar-refractivity contribution in [2.75, 3.05) is 0 Å². The lowest BCUT2D eigenvalue weighted by Crippen LogP contribution is -2.29. The van der Waals surface area contributed by atoms with E-state index in [0.29, 0.717) is 17.9 Å². The second-order valence-corrected chi connectivity index (χ2v) is 6.43. The van der Waals surface area contributed by atoms with Crippen molar-refractivity contribution in [3.63, 3.8) is 0 Å². The number of carbonyl (C=O) groups is 1. The van der Waals surface area contributed by atoms with Gasteiger partial charge in [0, 0.05) is 24.2 Å². The minimum Gasteiger partial charge on any atom is -0.411 e. The Bertz CT molecular complexity index is 727. The summed E-state index contributed by atoms with van der Waals surface area (Å²) in [6.07, 6.45) is 4.69. The molecule has 1 atom stereocenters. The molecule has 6 heteroatoms. The summed E-state index contributed by atoms with van der Waals surface area (Å²) in [5, 5.41) is 18.6. The maximum absolute atomic E-state index is 12.4. The number of oxime groups is 1. The Balaban J connectivity index is 1.73. The van der Waals surface area contributed by atoms with E-state index >= 15 is 0 Å². The van der Waals surface area contributed by atoms with Gasteiger partial charge in [0.1, 0.15) is 5.00 Å². The van der Waals surface area contributed by atoms with E-state index in [1.807, 2.05) is 29.8 Å². The highest BCUT2D eigenvalue weighted by Crippen LogP contribution is 2.36. The molecule has 1 saturated carbocycles. The summed E-state index contributed by atoms with van der Waals surface area (Å²) in [4.78, 5) is 12.4. The van der Waals surface area contributed by atoms with E-state index in [-0.39, 0.29) is 11.9 Å². The third kappa shape index (κ3) is 2.06. The molecular formula is C15H15N3O2S. The molecule has 1 unspecified atom stereocenters. The fraction of sp³-hybridized carbons (Fsp3) is 0.333. The lowest BCUT2D eigenvalue weighted by Gasteiger charge is -2.17. The molecule has 0 saturated heterocycles. The first-order valence-electron chi connectivity index (χ1n) is 7.04. The van der Waals surface area contributed by atoms with Gasteiger partial charge in [-0.2, -0.15) is 0 Å². The van der Waals surface area contributed by atoms with Gasteiger partial charge >= 0.3 is 0 Å². The molecule has 0 spiro atoms. The zero-order valence-electron chi connectivity index (χ0n) is 11.3. The minimum absolute atomic E-state index is 0.0620. The molecular weight excluding hydrogens is 286 g/mol. The van der Waals surface area contributed by atoms with E-state index < -0.39 is 0 Å². The van der Waals surface area contributed by atoms with Crippen LogP contribution < -0.4 is 5.32 Å². The normalized spacial score (nSPS) is 21.4. The summed E-state index contributed by atoms with van der Waals surface area (Å²) in [6, 6.07) is 5.69. The van der Waals surface area contributed by atoms with Crippen LogP contribution in [0.25, 0.3) is 5.00 Å². The van der Waals surface area contributed by atoms with Gasteiger partial charge in [0.15, 0.2) is 0 Å². The van der Waals surface area contributed by atoms with Crippen molar-refractivity contribution in [1.82, 2.24) is 9.88 Å². The van der Waals surface area contributed by atoms with Crippen LogP contribution in [0.3, 0.4) is 0 Å². The Labute approximate surface area is 125 Å². The molecule has 2 aromatic heterocycles. The predicted octanol–water partition coefficient (Wildman–Crippen LogP) is 2.95. The number of nitrogens with zero attached hydrogens (tertiary/aromatic N) is 2. The van der Waals surface area contributed by atoms with E-state index in [1.54, 1.807) is 11.3 Å². The molecule has 3 heterocycles. The Hall–Kier alpha value is -2.08. The van der Waals surface area contributed by atoms with Crippen molar-refractivity contribution >= 4 is 23.0 Å². The summed E-state index contributed by atoms with van der Waals surface area (Å²) in [6.45, 7) is 0. The third-order valence-corrected chi connectivity index (χ3v) is 5.05. The maximum atomic E-state index is 12.4. The van der Waals surface area contributed by atoms with Crippen molar-refractivity contribution < 1.29 is 10.0 Å². The Kier molecular flexibility index (Phi) is 2.85. The molecule has 2 aliphatic rings. The highest BCUT2D eigenvalue weighted by Gasteiger charge is 2.33. The van der Waals surface area contributed by atoms with E-state index in [4.69, 9.17) is 0 Å². The summed E-state index contributed by atoms with van der Waals surface area (Å²) in [5.74, 6) is 0.320. The highest BCUT2D eigenvalue weighted by molar-refractivity contribution is 7.13. The maximum Gasteiger partial charge on any atom is 0.254 e. The molecule has 1 fully saturated rings. The van der Waals surface area contributed by atoms with Crippen molar-refractivity contribution in [2.45, 2.75) is 25.3 Å². The van der Waals surface area contributed by atoms with Gasteiger partial charge in [0.25, 0.3) is 5.91 Å². The number of rotatable bonds is 3. The predicted molar refractivity (Wildman–Crippen MR) is 80.4 cm³/mol. The number of fused-ring (bicyclic) bond motifs is 3. The zero-order valence-corrected chi connectivity index (χ0v) is 12.1. The average molecular weight is 301 g/mol. The first kappa shape index (κ1) is 12.6. The number of amides is 1. The molecule has 5 nitrogen and oxygen atoms in total. The number of nitrogens with one attached hydrogen (secondary N) is 1. The summed E-state index contributed by atoms with van der Waals surface area (Å²) >= 11 is 1.56. The second kappa shape index (κ2) is 4.73. The van der Waals surface area contributed by atoms with Gasteiger partial charge in [-0.25, -0.2) is 0 Å². The standard InChI is InChI=1S/C15H15N3O2S/c19-14-10-5-7-21-15(10)18-6-1-2-13(18)12(16-14)8-11(17-20)9-3-4-9/h1-2,5-7,9,12,20H,3-4,8H2,(H,16,19)/b17-11+. The Morgan fingerprint density at radius 3 is 3.10 bits per heavy atom. The first-order chi connectivity index (χ1) is 10.3. The quantitative estimate of drug-likeness (QED) is 0.520. The Morgan fingerprint density at radius 1 is 1.48 bits per heavy atom. The minimum atomic E-state index is -0.154. The lowest BCUT2D eigenvalue weighted by atomic mass is 10.0. The largest absolute Gasteiger partial charge is 0.411 e. The summed E-state index contributed by atoms with van der Waals surface area (Å²) < 4.78 is 2.06. The van der Waals surface area contributed by atoms with Gasteiger partial charge in [-0.1, -0.05) is 5.16 Å². The third-order valence-electron chi connectivity index (χ3n) is 4.14. The molecule has 2 aromatic rings. The summed E-state index contributed by atoms with van der Waals surface area (Å²) in [7, 11) is 0. The van der Waals surface area contributed by atoms with Crippen LogP contribution in [0.15, 0.2) is 34.9 Å². The molecule has 1 amide bonds. The number of hydrogen-bond donors (Lipinski definition) is 2. The van der Waals surface area contributed by atoms with Crippen molar-refractivity contribution in [3.05, 3.63) is 41.0 Å². The van der Waals surface area contributed by atoms with E-state index in [2.05, 4.69) is 15.0 Å². The van der Waals surface area contributed by atoms with Crippen LogP contribution in [0.1, 0.15) is 41.4 Å². The molecule has 0 radical (unpaired) electrons. The van der Waals surface area contributed by atoms with Crippen LogP contribution in [-0.4, -0.2) is 21.4 Å². The van der Waals surface area contributed by atoms with Crippen molar-refractivity contribution in [1.29, 1.82) is 0 Å². The van der Waals surface area contributed by atoms with Crippen LogP contribution in [-0.2, 0) is 0 Å². The van der Waals surface area contributed by atoms with E-state index in [0.717, 1.165) is 29.2 Å². The number of carbonyl (C=O) groups excluding carboxylic acids is 1. The van der Waals surface area contributed by atoms with Gasteiger partial charge in [-0.05, 0) is 36.4 Å². The molecule has 21 heavy (non-hydrogen) atoms.